The van der Waals surface area contributed by atoms with Crippen molar-refractivity contribution in [3.8, 4) is 0 Å². The third-order valence-electron chi connectivity index (χ3n) is 11.1. The Bertz CT molecular complexity index is 1470. The molecular weight excluding hydrogens is 1290 g/mol. The maximum Gasteiger partial charge on any atom is 0.509 e. The van der Waals surface area contributed by atoms with E-state index < -0.39 is 114 Å². The summed E-state index contributed by atoms with van der Waals surface area (Å²) >= 11 is 0. The van der Waals surface area contributed by atoms with Crippen molar-refractivity contribution in [2.24, 2.45) is 22.7 Å². The van der Waals surface area contributed by atoms with E-state index in [1.807, 2.05) is 0 Å². The molecule has 0 aromatic rings. The smallest absolute Gasteiger partial charge is 0.426 e. The van der Waals surface area contributed by atoms with Crippen LogP contribution in [0.25, 0.3) is 0 Å². The van der Waals surface area contributed by atoms with Crippen LogP contribution in [0.15, 0.2) is 23.3 Å². The van der Waals surface area contributed by atoms with Gasteiger partial charge in [-0.05, 0) is 85.7 Å². The van der Waals surface area contributed by atoms with Crippen molar-refractivity contribution in [2.75, 3.05) is 0 Å². The van der Waals surface area contributed by atoms with E-state index >= 15 is 0 Å². The van der Waals surface area contributed by atoms with E-state index in [0.29, 0.717) is 6.42 Å². The van der Waals surface area contributed by atoms with Crippen LogP contribution in [0.4, 0.5) is 4.79 Å². The molecule has 2 bridgehead atoms. The molecule has 3 aliphatic carbocycles. The molecule has 1 saturated heterocycles. The molecule has 29 atom stereocenters. The third-order valence-corrected chi connectivity index (χ3v) is 152. The van der Waals surface area contributed by atoms with E-state index in [0.717, 1.165) is 26.4 Å². The van der Waals surface area contributed by atoms with Gasteiger partial charge in [-0.2, -0.15) is 0 Å². The van der Waals surface area contributed by atoms with Gasteiger partial charge in [0, 0.05) is 44.1 Å². The van der Waals surface area contributed by atoms with Crippen molar-refractivity contribution in [3.05, 3.63) is 23.3 Å². The molecule has 21 unspecified atom stereocenters. The molecule has 1 heterocycles. The minimum absolute atomic E-state index is 0.0868. The van der Waals surface area contributed by atoms with Crippen LogP contribution in [-0.4, -0.2) is 36.2 Å². The fourth-order valence-corrected chi connectivity index (χ4v) is 203. The Labute approximate surface area is 403 Å². The van der Waals surface area contributed by atoms with Crippen LogP contribution in [0.1, 0.15) is 53.9 Å². The molecule has 6 nitrogen and oxygen atoms in total. The first-order valence-corrected chi connectivity index (χ1v) is 69.2. The number of carbonyl (C=O) groups excluding carboxylic acids is 1. The molecule has 0 N–H and O–H groups in total. The fourth-order valence-electron chi connectivity index (χ4n) is 8.51. The van der Waals surface area contributed by atoms with Gasteiger partial charge in [0.05, 0.1) is 40.9 Å². The summed E-state index contributed by atoms with van der Waals surface area (Å²) in [5, 5.41) is 0. The van der Waals surface area contributed by atoms with Crippen LogP contribution in [0.2, 0.25) is 0 Å². The Kier molecular flexibility index (Phi) is 28.9. The molecule has 4 rings (SSSR count). The first kappa shape index (κ1) is 62.1. The van der Waals surface area contributed by atoms with Gasteiger partial charge in [0.15, 0.2) is 11.7 Å². The zero-order valence-corrected chi connectivity index (χ0v) is 63.9. The molecule has 0 aromatic heterocycles. The zero-order chi connectivity index (χ0) is 44.1. The van der Waals surface area contributed by atoms with Gasteiger partial charge >= 0.3 is 6.16 Å². The second-order valence-electron chi connectivity index (χ2n) is 14.8. The predicted molar refractivity (Wildman–Crippen MR) is 353 cm³/mol. The van der Waals surface area contributed by atoms with Crippen molar-refractivity contribution < 1.29 is 27.8 Å². The highest BCUT2D eigenvalue weighted by molar-refractivity contribution is 9.19. The van der Waals surface area contributed by atoms with Crippen molar-refractivity contribution in [1.29, 1.82) is 0 Å². The van der Waals surface area contributed by atoms with E-state index in [2.05, 4.69) is 177 Å². The molecule has 0 amide bonds. The van der Waals surface area contributed by atoms with Gasteiger partial charge in [-0.3, -0.25) is 0 Å². The van der Waals surface area contributed by atoms with E-state index in [4.69, 9.17) is 29.6 Å². The normalized spacial score (nSPS) is 33.8. The Balaban J connectivity index is 2.10. The minimum atomic E-state index is -1.01. The van der Waals surface area contributed by atoms with E-state index in [1.165, 1.54) is 11.1 Å². The van der Waals surface area contributed by atoms with Crippen LogP contribution in [0.5, 0.6) is 0 Å². The summed E-state index contributed by atoms with van der Waals surface area (Å²) in [7, 11) is 48.4. The van der Waals surface area contributed by atoms with Crippen LogP contribution >= 0.6 is 243 Å². The Morgan fingerprint density at radius 2 is 1.26 bits per heavy atom. The quantitative estimate of drug-likeness (QED) is 0.0822. The average Bonchev–Trinajstić information content (AvgIpc) is 3.41. The lowest BCUT2D eigenvalue weighted by molar-refractivity contribution is -0.154. The number of rotatable bonds is 17. The summed E-state index contributed by atoms with van der Waals surface area (Å²) in [4.78, 5) is 14.1. The molecule has 0 aromatic carbocycles. The average molecular weight is 1350 g/mol. The number of hydrogen-bond acceptors (Lipinski definition) is 6. The first-order valence-electron chi connectivity index (χ1n) is 17.1. The summed E-state index contributed by atoms with van der Waals surface area (Å²) in [6.07, 6.45) is 0.404. The van der Waals surface area contributed by atoms with E-state index in [-0.39, 0.29) is 37.1 Å². The summed E-state index contributed by atoms with van der Waals surface area (Å²) < 4.78 is 36.7. The highest BCUT2D eigenvalue weighted by atomic mass is 33.2. The molecule has 3 fully saturated rings. The largest absolute Gasteiger partial charge is 0.509 e. The number of hydrogen-bond donors (Lipinski definition) is 0. The van der Waals surface area contributed by atoms with Crippen LogP contribution in [0.3, 0.4) is 0 Å². The lowest BCUT2D eigenvalue weighted by Gasteiger charge is -2.62. The van der Waals surface area contributed by atoms with Gasteiger partial charge in [-0.15, -0.1) is 134 Å². The molecule has 1 aliphatic heterocycles. The topological polar surface area (TPSA) is 63.2 Å². The lowest BCUT2D eigenvalue weighted by Crippen LogP contribution is -2.67. The summed E-state index contributed by atoms with van der Waals surface area (Å²) in [5.74, 6) is -0.0316. The molecular formula is C22H62O6P30. The van der Waals surface area contributed by atoms with Crippen molar-refractivity contribution in [1.82, 2.24) is 0 Å². The predicted octanol–water partition coefficient (Wildman–Crippen LogP) is 21.2. The van der Waals surface area contributed by atoms with Gasteiger partial charge < -0.3 is 23.0 Å². The molecule has 336 valence electrons. The lowest BCUT2D eigenvalue weighted by atomic mass is 9.47. The highest BCUT2D eigenvalue weighted by Crippen LogP contribution is 3.18. The van der Waals surface area contributed by atoms with E-state index in [9.17, 15) is 4.79 Å². The summed E-state index contributed by atoms with van der Waals surface area (Å²) in [6, 6.07) is 0. The number of fused-ring (bicyclic) bond motifs is 3. The molecule has 58 heavy (non-hydrogen) atoms. The molecule has 1 spiro atoms. The van der Waals surface area contributed by atoms with Crippen molar-refractivity contribution >= 4 is 249 Å². The van der Waals surface area contributed by atoms with Gasteiger partial charge in [0.2, 0.25) is 0 Å². The standard InChI is InChI=1S/C22H62O6P30/c1-10-7-15(28-46(49(30)31)50(32)33)21(6)8-14(27-47(51(34)35)57(45-29)53(38)39)16-12(3)13(26-48(56(44)52(36)37)58(54(40)41)55(42)43)9-22(20(16,4)5)18(17(21)11(10)2)24-19(23)25-22/h10,13-15,17-18,45H,2,7-9,29-44H2,1,3-6H3/t10-,13-,14+,15-,17-,18-,21+,22+,47?,48?,56?,57?/m0/s1. The molecule has 36 heteroatoms. The number of carbonyl (C=O) groups is 1. The van der Waals surface area contributed by atoms with Gasteiger partial charge in [-0.1, -0.05) is 56.7 Å². The molecule has 0 radical (unpaired) electrons. The molecule has 4 aliphatic rings. The molecule has 2 saturated carbocycles. The monoisotopic (exact) mass is 1350 g/mol. The van der Waals surface area contributed by atoms with Crippen LogP contribution in [-0.2, 0) is 23.0 Å². The number of ether oxygens (including phenoxy) is 2. The Morgan fingerprint density at radius 3 is 1.72 bits per heavy atom. The first-order chi connectivity index (χ1) is 26.7. The Hall–Kier alpha value is 11.5. The second-order valence-corrected chi connectivity index (χ2v) is 122. The van der Waals surface area contributed by atoms with Crippen molar-refractivity contribution in [2.45, 2.75) is 83.9 Å². The van der Waals surface area contributed by atoms with Crippen molar-refractivity contribution in [3.63, 3.8) is 0 Å². The minimum Gasteiger partial charge on any atom is -0.426 e. The SMILES string of the molecule is C=C1[C@@H](C)C[C@H](OP(P(P)P)P(P)P)[C@@]2(C)C[C@@H](OP(P(P)P)P(PP)P(P)P)C3=C(C)[C@@H](OP(P(P)P(P)P)P(P(P)P)P(P)P)C[C@]4(OC(=O)O[C@H]4[C@H]12)C3(C)C. The fraction of sp³-hybridized carbons (Fsp3) is 0.773. The van der Waals surface area contributed by atoms with Gasteiger partial charge in [0.1, 0.15) is 0 Å². The van der Waals surface area contributed by atoms with E-state index in [1.54, 1.807) is 0 Å². The second kappa shape index (κ2) is 27.0. The van der Waals surface area contributed by atoms with Crippen LogP contribution < -0.4 is 0 Å². The van der Waals surface area contributed by atoms with Gasteiger partial charge in [-0.25, -0.2) is 4.79 Å². The third kappa shape index (κ3) is 14.1. The highest BCUT2D eigenvalue weighted by Gasteiger charge is 2.73. The van der Waals surface area contributed by atoms with Crippen LogP contribution in [0, 0.1) is 22.7 Å². The maximum atomic E-state index is 14.1. The summed E-state index contributed by atoms with van der Waals surface area (Å²) in [6.45, 7) is 12.1. The van der Waals surface area contributed by atoms with Gasteiger partial charge in [0.25, 0.3) is 0 Å². The zero-order valence-electron chi connectivity index (χ0n) is 32.8. The summed E-state index contributed by atoms with van der Waals surface area (Å²) in [5.41, 5.74) is 1.52. The maximum absolute atomic E-state index is 14.1. The Morgan fingerprint density at radius 1 is 0.724 bits per heavy atom.